The zero-order valence-electron chi connectivity index (χ0n) is 11.0. The predicted molar refractivity (Wildman–Crippen MR) is 72.5 cm³/mol. The molecule has 2 N–H and O–H groups in total. The summed E-state index contributed by atoms with van der Waals surface area (Å²) in [6.45, 7) is 0.277. The van der Waals surface area contributed by atoms with Crippen LogP contribution in [0.1, 0.15) is 29.8 Å². The van der Waals surface area contributed by atoms with Crippen molar-refractivity contribution in [1.29, 1.82) is 0 Å². The molecule has 0 radical (unpaired) electrons. The molecule has 0 aliphatic heterocycles. The second kappa shape index (κ2) is 5.05. The van der Waals surface area contributed by atoms with Crippen LogP contribution in [0.25, 0.3) is 5.82 Å². The Morgan fingerprint density at radius 3 is 2.90 bits per heavy atom. The number of amides is 1. The third kappa shape index (κ3) is 2.55. The summed E-state index contributed by atoms with van der Waals surface area (Å²) >= 11 is 0. The van der Waals surface area contributed by atoms with Crippen molar-refractivity contribution in [3.8, 4) is 5.82 Å². The molecule has 6 heteroatoms. The molecule has 0 bridgehead atoms. The van der Waals surface area contributed by atoms with Crippen LogP contribution in [0.5, 0.6) is 0 Å². The molecule has 0 spiro atoms. The zero-order chi connectivity index (χ0) is 14.0. The van der Waals surface area contributed by atoms with E-state index in [0.717, 1.165) is 19.3 Å². The lowest BCUT2D eigenvalue weighted by atomic mass is 9.80. The standard InChI is InChI=1S/C14H16N4O2/c19-13(15-10-14(20)6-2-7-14)11-4-1-5-12(17-11)18-9-3-8-16-18/h1,3-5,8-9,20H,2,6-7,10H2,(H,15,19). The number of hydrogen-bond acceptors (Lipinski definition) is 4. The lowest BCUT2D eigenvalue weighted by Crippen LogP contribution is -2.47. The van der Waals surface area contributed by atoms with Gasteiger partial charge < -0.3 is 10.4 Å². The number of aliphatic hydroxyl groups is 1. The van der Waals surface area contributed by atoms with E-state index in [2.05, 4.69) is 15.4 Å². The summed E-state index contributed by atoms with van der Waals surface area (Å²) in [5, 5.41) is 16.8. The van der Waals surface area contributed by atoms with E-state index < -0.39 is 5.60 Å². The number of carbonyl (C=O) groups excluding carboxylic acids is 1. The second-order valence-corrected chi connectivity index (χ2v) is 5.09. The van der Waals surface area contributed by atoms with Gasteiger partial charge in [0.2, 0.25) is 0 Å². The molecule has 1 amide bonds. The van der Waals surface area contributed by atoms with Crippen LogP contribution in [-0.2, 0) is 0 Å². The Morgan fingerprint density at radius 2 is 2.25 bits per heavy atom. The van der Waals surface area contributed by atoms with Crippen LogP contribution in [-0.4, -0.2) is 37.9 Å². The number of carbonyl (C=O) groups is 1. The van der Waals surface area contributed by atoms with E-state index in [0.29, 0.717) is 11.5 Å². The van der Waals surface area contributed by atoms with Gasteiger partial charge in [-0.25, -0.2) is 9.67 Å². The molecule has 0 unspecified atom stereocenters. The highest BCUT2D eigenvalue weighted by Crippen LogP contribution is 2.30. The van der Waals surface area contributed by atoms with Crippen molar-refractivity contribution in [2.45, 2.75) is 24.9 Å². The zero-order valence-corrected chi connectivity index (χ0v) is 11.0. The van der Waals surface area contributed by atoms with Gasteiger partial charge in [-0.3, -0.25) is 4.79 Å². The van der Waals surface area contributed by atoms with Crippen molar-refractivity contribution in [2.75, 3.05) is 6.54 Å². The van der Waals surface area contributed by atoms with Crippen molar-refractivity contribution in [3.05, 3.63) is 42.4 Å². The van der Waals surface area contributed by atoms with E-state index in [1.54, 1.807) is 41.3 Å². The summed E-state index contributed by atoms with van der Waals surface area (Å²) in [5.41, 5.74) is -0.407. The number of nitrogens with one attached hydrogen (secondary N) is 1. The van der Waals surface area contributed by atoms with Gasteiger partial charge in [-0.15, -0.1) is 0 Å². The van der Waals surface area contributed by atoms with E-state index in [-0.39, 0.29) is 12.5 Å². The molecule has 1 fully saturated rings. The van der Waals surface area contributed by atoms with Gasteiger partial charge in [0.25, 0.3) is 5.91 Å². The lowest BCUT2D eigenvalue weighted by molar-refractivity contribution is -0.0300. The first kappa shape index (κ1) is 12.8. The van der Waals surface area contributed by atoms with Crippen LogP contribution in [0.3, 0.4) is 0 Å². The van der Waals surface area contributed by atoms with Gasteiger partial charge in [-0.05, 0) is 37.5 Å². The fraction of sp³-hybridized carbons (Fsp3) is 0.357. The Labute approximate surface area is 116 Å². The average molecular weight is 272 g/mol. The van der Waals surface area contributed by atoms with Crippen molar-refractivity contribution < 1.29 is 9.90 Å². The van der Waals surface area contributed by atoms with Crippen LogP contribution >= 0.6 is 0 Å². The third-order valence-corrected chi connectivity index (χ3v) is 3.57. The summed E-state index contributed by atoms with van der Waals surface area (Å²) in [6, 6.07) is 6.98. The van der Waals surface area contributed by atoms with Gasteiger partial charge in [-0.2, -0.15) is 5.10 Å². The number of rotatable bonds is 4. The highest BCUT2D eigenvalue weighted by Gasteiger charge is 2.34. The highest BCUT2D eigenvalue weighted by molar-refractivity contribution is 5.92. The Hall–Kier alpha value is -2.21. The van der Waals surface area contributed by atoms with Crippen LogP contribution < -0.4 is 5.32 Å². The molecule has 1 saturated carbocycles. The largest absolute Gasteiger partial charge is 0.388 e. The normalized spacial score (nSPS) is 16.4. The lowest BCUT2D eigenvalue weighted by Gasteiger charge is -2.36. The fourth-order valence-corrected chi connectivity index (χ4v) is 2.18. The van der Waals surface area contributed by atoms with Gasteiger partial charge in [0.1, 0.15) is 5.69 Å². The number of nitrogens with zero attached hydrogens (tertiary/aromatic N) is 3. The topological polar surface area (TPSA) is 80.0 Å². The maximum atomic E-state index is 12.0. The molecule has 1 aliphatic carbocycles. The molecule has 1 aliphatic rings. The quantitative estimate of drug-likeness (QED) is 0.867. The first-order valence-electron chi connectivity index (χ1n) is 6.64. The Balaban J connectivity index is 1.70. The number of aromatic nitrogens is 3. The molecular weight excluding hydrogens is 256 g/mol. The van der Waals surface area contributed by atoms with Crippen LogP contribution in [0, 0.1) is 0 Å². The van der Waals surface area contributed by atoms with Crippen LogP contribution in [0.15, 0.2) is 36.7 Å². The summed E-state index contributed by atoms with van der Waals surface area (Å²) in [4.78, 5) is 16.3. The number of pyridine rings is 1. The van der Waals surface area contributed by atoms with Gasteiger partial charge in [0.05, 0.1) is 5.60 Å². The number of hydrogen-bond donors (Lipinski definition) is 2. The molecule has 0 saturated heterocycles. The van der Waals surface area contributed by atoms with E-state index in [1.807, 2.05) is 0 Å². The van der Waals surface area contributed by atoms with E-state index in [1.165, 1.54) is 0 Å². The first-order chi connectivity index (χ1) is 9.66. The summed E-state index contributed by atoms with van der Waals surface area (Å²) in [5.74, 6) is 0.310. The van der Waals surface area contributed by atoms with Gasteiger partial charge >= 0.3 is 0 Å². The molecule has 20 heavy (non-hydrogen) atoms. The Morgan fingerprint density at radius 1 is 1.40 bits per heavy atom. The molecular formula is C14H16N4O2. The molecule has 3 rings (SSSR count). The Kier molecular flexibility index (Phi) is 3.23. The van der Waals surface area contributed by atoms with Crippen molar-refractivity contribution in [1.82, 2.24) is 20.1 Å². The highest BCUT2D eigenvalue weighted by atomic mass is 16.3. The maximum Gasteiger partial charge on any atom is 0.270 e. The summed E-state index contributed by atoms with van der Waals surface area (Å²) in [6.07, 6.45) is 5.92. The van der Waals surface area contributed by atoms with E-state index in [4.69, 9.17) is 0 Å². The monoisotopic (exact) mass is 272 g/mol. The SMILES string of the molecule is O=C(NCC1(O)CCC1)c1cccc(-n2cccn2)n1. The van der Waals surface area contributed by atoms with E-state index >= 15 is 0 Å². The van der Waals surface area contributed by atoms with Gasteiger partial charge in [-0.1, -0.05) is 6.07 Å². The average Bonchev–Trinajstić information content (AvgIpc) is 2.97. The fourth-order valence-electron chi connectivity index (χ4n) is 2.18. The van der Waals surface area contributed by atoms with Crippen molar-refractivity contribution in [3.63, 3.8) is 0 Å². The summed E-state index contributed by atoms with van der Waals surface area (Å²) < 4.78 is 1.59. The molecule has 6 nitrogen and oxygen atoms in total. The molecule has 2 aromatic rings. The Bertz CT molecular complexity index is 605. The third-order valence-electron chi connectivity index (χ3n) is 3.57. The van der Waals surface area contributed by atoms with Crippen LogP contribution in [0.4, 0.5) is 0 Å². The minimum absolute atomic E-state index is 0.277. The smallest absolute Gasteiger partial charge is 0.270 e. The molecule has 2 heterocycles. The minimum atomic E-state index is -0.727. The molecule has 0 aromatic carbocycles. The van der Waals surface area contributed by atoms with Gasteiger partial charge in [0.15, 0.2) is 5.82 Å². The second-order valence-electron chi connectivity index (χ2n) is 5.09. The predicted octanol–water partition coefficient (Wildman–Crippen LogP) is 0.912. The minimum Gasteiger partial charge on any atom is -0.388 e. The van der Waals surface area contributed by atoms with E-state index in [9.17, 15) is 9.90 Å². The summed E-state index contributed by atoms with van der Waals surface area (Å²) in [7, 11) is 0. The van der Waals surface area contributed by atoms with Crippen molar-refractivity contribution >= 4 is 5.91 Å². The molecule has 2 aromatic heterocycles. The maximum absolute atomic E-state index is 12.0. The first-order valence-corrected chi connectivity index (χ1v) is 6.64. The van der Waals surface area contributed by atoms with Crippen LogP contribution in [0.2, 0.25) is 0 Å². The molecule has 104 valence electrons. The van der Waals surface area contributed by atoms with Gasteiger partial charge in [0, 0.05) is 18.9 Å². The molecule has 0 atom stereocenters. The van der Waals surface area contributed by atoms with Crippen molar-refractivity contribution in [2.24, 2.45) is 0 Å².